The molecule has 116 valence electrons. The Morgan fingerprint density at radius 3 is 1.00 bits per heavy atom. The SMILES string of the molecule is CC(C)(C)c1ccc(C=Cc2ccc(C(C)(C)C)cc2)cc1. The lowest BCUT2D eigenvalue weighted by molar-refractivity contribution is 0.590. The molecule has 0 spiro atoms. The highest BCUT2D eigenvalue weighted by molar-refractivity contribution is 5.69. The van der Waals surface area contributed by atoms with Crippen LogP contribution in [0.25, 0.3) is 12.2 Å². The monoisotopic (exact) mass is 292 g/mol. The Kier molecular flexibility index (Phi) is 4.60. The summed E-state index contributed by atoms with van der Waals surface area (Å²) in [6, 6.07) is 17.7. The van der Waals surface area contributed by atoms with Crippen molar-refractivity contribution < 1.29 is 0 Å². The van der Waals surface area contributed by atoms with Gasteiger partial charge in [0.15, 0.2) is 0 Å². The molecule has 0 saturated carbocycles. The molecule has 0 atom stereocenters. The van der Waals surface area contributed by atoms with Crippen molar-refractivity contribution in [3.63, 3.8) is 0 Å². The number of benzene rings is 2. The Hall–Kier alpha value is -1.82. The van der Waals surface area contributed by atoms with Gasteiger partial charge >= 0.3 is 0 Å². The smallest absolute Gasteiger partial charge is 0.0132 e. The van der Waals surface area contributed by atoms with E-state index in [0.717, 1.165) is 0 Å². The minimum atomic E-state index is 0.213. The third-order valence-electron chi connectivity index (χ3n) is 4.02. The summed E-state index contributed by atoms with van der Waals surface area (Å²) in [5.74, 6) is 0. The standard InChI is InChI=1S/C22H28/c1-21(2,3)19-13-9-17(10-14-19)7-8-18-11-15-20(16-12-18)22(4,5)6/h7-16H,1-6H3. The van der Waals surface area contributed by atoms with Gasteiger partial charge in [0.25, 0.3) is 0 Å². The second-order valence-electron chi connectivity index (χ2n) is 8.08. The molecule has 0 aliphatic rings. The van der Waals surface area contributed by atoms with Crippen LogP contribution in [0.3, 0.4) is 0 Å². The van der Waals surface area contributed by atoms with Crippen LogP contribution >= 0.6 is 0 Å². The third-order valence-corrected chi connectivity index (χ3v) is 4.02. The summed E-state index contributed by atoms with van der Waals surface area (Å²) in [4.78, 5) is 0. The van der Waals surface area contributed by atoms with E-state index in [1.807, 2.05) is 0 Å². The van der Waals surface area contributed by atoms with E-state index in [1.54, 1.807) is 0 Å². The molecule has 0 N–H and O–H groups in total. The van der Waals surface area contributed by atoms with Gasteiger partial charge in [0.1, 0.15) is 0 Å². The van der Waals surface area contributed by atoms with Crippen molar-refractivity contribution in [2.24, 2.45) is 0 Å². The van der Waals surface area contributed by atoms with Gasteiger partial charge in [0.05, 0.1) is 0 Å². The van der Waals surface area contributed by atoms with Gasteiger partial charge in [-0.05, 0) is 33.1 Å². The molecule has 0 aromatic heterocycles. The lowest BCUT2D eigenvalue weighted by Crippen LogP contribution is -2.10. The molecule has 0 bridgehead atoms. The number of hydrogen-bond acceptors (Lipinski definition) is 0. The highest BCUT2D eigenvalue weighted by Crippen LogP contribution is 2.24. The third kappa shape index (κ3) is 4.34. The van der Waals surface area contributed by atoms with E-state index >= 15 is 0 Å². The van der Waals surface area contributed by atoms with Crippen molar-refractivity contribution in [3.8, 4) is 0 Å². The maximum Gasteiger partial charge on any atom is -0.0132 e. The lowest BCUT2D eigenvalue weighted by atomic mass is 9.86. The summed E-state index contributed by atoms with van der Waals surface area (Å²) in [5.41, 5.74) is 5.66. The van der Waals surface area contributed by atoms with E-state index in [4.69, 9.17) is 0 Å². The summed E-state index contributed by atoms with van der Waals surface area (Å²) in [6.45, 7) is 13.5. The van der Waals surface area contributed by atoms with Crippen LogP contribution in [0.5, 0.6) is 0 Å². The van der Waals surface area contributed by atoms with Crippen molar-refractivity contribution in [1.82, 2.24) is 0 Å². The van der Waals surface area contributed by atoms with E-state index in [0.29, 0.717) is 0 Å². The molecule has 0 unspecified atom stereocenters. The Bertz CT molecular complexity index is 567. The van der Waals surface area contributed by atoms with Crippen molar-refractivity contribution in [2.45, 2.75) is 52.4 Å². The maximum absolute atomic E-state index is 2.24. The largest absolute Gasteiger partial charge is 0.0579 e. The molecule has 0 nitrogen and oxygen atoms in total. The fourth-order valence-electron chi connectivity index (χ4n) is 2.38. The van der Waals surface area contributed by atoms with Gasteiger partial charge in [-0.3, -0.25) is 0 Å². The molecular weight excluding hydrogens is 264 g/mol. The lowest BCUT2D eigenvalue weighted by Gasteiger charge is -2.19. The van der Waals surface area contributed by atoms with Crippen LogP contribution in [0.4, 0.5) is 0 Å². The molecule has 2 aromatic carbocycles. The predicted octanol–water partition coefficient (Wildman–Crippen LogP) is 6.45. The fraction of sp³-hybridized carbons (Fsp3) is 0.364. The van der Waals surface area contributed by atoms with E-state index in [9.17, 15) is 0 Å². The van der Waals surface area contributed by atoms with E-state index in [2.05, 4.69) is 102 Å². The van der Waals surface area contributed by atoms with Gasteiger partial charge in [-0.2, -0.15) is 0 Å². The summed E-state index contributed by atoms with van der Waals surface area (Å²) < 4.78 is 0. The summed E-state index contributed by atoms with van der Waals surface area (Å²) in [7, 11) is 0. The van der Waals surface area contributed by atoms with Crippen LogP contribution < -0.4 is 0 Å². The van der Waals surface area contributed by atoms with Crippen LogP contribution in [0.1, 0.15) is 63.8 Å². The van der Waals surface area contributed by atoms with Crippen LogP contribution in [0, 0.1) is 0 Å². The zero-order chi connectivity index (χ0) is 16.4. The Morgan fingerprint density at radius 2 is 0.773 bits per heavy atom. The summed E-state index contributed by atoms with van der Waals surface area (Å²) >= 11 is 0. The first-order valence-electron chi connectivity index (χ1n) is 8.05. The zero-order valence-electron chi connectivity index (χ0n) is 14.8. The van der Waals surface area contributed by atoms with Gasteiger partial charge in [-0.25, -0.2) is 0 Å². The molecule has 0 radical (unpaired) electrons. The van der Waals surface area contributed by atoms with E-state index in [1.165, 1.54) is 22.3 Å². The van der Waals surface area contributed by atoms with Gasteiger partial charge in [-0.15, -0.1) is 0 Å². The first-order chi connectivity index (χ1) is 10.2. The second-order valence-corrected chi connectivity index (χ2v) is 8.08. The molecule has 0 saturated heterocycles. The topological polar surface area (TPSA) is 0 Å². The predicted molar refractivity (Wildman–Crippen MR) is 99.2 cm³/mol. The summed E-state index contributed by atoms with van der Waals surface area (Å²) in [5, 5.41) is 0. The van der Waals surface area contributed by atoms with Crippen molar-refractivity contribution in [2.75, 3.05) is 0 Å². The van der Waals surface area contributed by atoms with Crippen LogP contribution in [0.2, 0.25) is 0 Å². The molecule has 0 heteroatoms. The van der Waals surface area contributed by atoms with Gasteiger partial charge < -0.3 is 0 Å². The minimum Gasteiger partial charge on any atom is -0.0579 e. The maximum atomic E-state index is 2.24. The zero-order valence-corrected chi connectivity index (χ0v) is 14.8. The molecule has 2 aromatic rings. The van der Waals surface area contributed by atoms with Crippen LogP contribution in [-0.2, 0) is 10.8 Å². The molecule has 0 fully saturated rings. The highest BCUT2D eigenvalue weighted by Gasteiger charge is 2.13. The quantitative estimate of drug-likeness (QED) is 0.558. The first kappa shape index (κ1) is 16.5. The average molecular weight is 292 g/mol. The summed E-state index contributed by atoms with van der Waals surface area (Å²) in [6.07, 6.45) is 4.36. The molecule has 0 amide bonds. The normalized spacial score (nSPS) is 12.8. The van der Waals surface area contributed by atoms with Gasteiger partial charge in [-0.1, -0.05) is 102 Å². The number of rotatable bonds is 2. The first-order valence-corrected chi connectivity index (χ1v) is 8.05. The Balaban J connectivity index is 2.12. The van der Waals surface area contributed by atoms with Crippen molar-refractivity contribution >= 4 is 12.2 Å². The van der Waals surface area contributed by atoms with Crippen LogP contribution in [-0.4, -0.2) is 0 Å². The average Bonchev–Trinajstić information content (AvgIpc) is 2.44. The fourth-order valence-corrected chi connectivity index (χ4v) is 2.38. The van der Waals surface area contributed by atoms with Crippen molar-refractivity contribution in [3.05, 3.63) is 70.8 Å². The molecule has 0 heterocycles. The Labute approximate surface area is 135 Å². The number of hydrogen-bond donors (Lipinski definition) is 0. The van der Waals surface area contributed by atoms with Crippen LogP contribution in [0.15, 0.2) is 48.5 Å². The molecular formula is C22H28. The molecule has 0 aliphatic heterocycles. The Morgan fingerprint density at radius 1 is 0.500 bits per heavy atom. The van der Waals surface area contributed by atoms with Crippen molar-refractivity contribution in [1.29, 1.82) is 0 Å². The molecule has 0 aliphatic carbocycles. The molecule has 22 heavy (non-hydrogen) atoms. The minimum absolute atomic E-state index is 0.213. The highest BCUT2D eigenvalue weighted by atomic mass is 14.2. The van der Waals surface area contributed by atoms with Gasteiger partial charge in [0.2, 0.25) is 0 Å². The second kappa shape index (κ2) is 6.12. The molecule has 2 rings (SSSR count). The van der Waals surface area contributed by atoms with Gasteiger partial charge in [0, 0.05) is 0 Å². The van der Waals surface area contributed by atoms with E-state index < -0.39 is 0 Å². The van der Waals surface area contributed by atoms with E-state index in [-0.39, 0.29) is 10.8 Å².